The molecule has 0 nitrogen and oxygen atoms in total. The van der Waals surface area contributed by atoms with E-state index in [9.17, 15) is 8.78 Å². The van der Waals surface area contributed by atoms with E-state index in [1.807, 2.05) is 0 Å². The van der Waals surface area contributed by atoms with E-state index in [1.165, 1.54) is 6.08 Å². The third kappa shape index (κ3) is 2.81. The van der Waals surface area contributed by atoms with Crippen molar-refractivity contribution < 1.29 is 8.78 Å². The van der Waals surface area contributed by atoms with Crippen LogP contribution in [0, 0.1) is 11.6 Å². The van der Waals surface area contributed by atoms with Crippen LogP contribution in [-0.4, -0.2) is 5.88 Å². The Morgan fingerprint density at radius 1 is 1.46 bits per heavy atom. The van der Waals surface area contributed by atoms with Crippen LogP contribution in [0.3, 0.4) is 0 Å². The Balaban J connectivity index is 3.07. The molecule has 0 saturated carbocycles. The number of hydrogen-bond donors (Lipinski definition) is 0. The van der Waals surface area contributed by atoms with Crippen molar-refractivity contribution in [2.45, 2.75) is 6.92 Å². The van der Waals surface area contributed by atoms with Crippen LogP contribution in [0.15, 0.2) is 23.8 Å². The van der Waals surface area contributed by atoms with E-state index in [4.69, 9.17) is 11.6 Å². The first-order valence-corrected chi connectivity index (χ1v) is 4.35. The topological polar surface area (TPSA) is 0 Å². The van der Waals surface area contributed by atoms with Gasteiger partial charge in [0, 0.05) is 11.4 Å². The van der Waals surface area contributed by atoms with Crippen molar-refractivity contribution in [1.29, 1.82) is 0 Å². The summed E-state index contributed by atoms with van der Waals surface area (Å²) in [7, 11) is 0. The molecule has 0 aliphatic carbocycles. The van der Waals surface area contributed by atoms with Crippen molar-refractivity contribution in [3.63, 3.8) is 0 Å². The van der Waals surface area contributed by atoms with Gasteiger partial charge in [-0.25, -0.2) is 8.78 Å². The molecule has 0 aliphatic rings. The fourth-order valence-corrected chi connectivity index (χ4v) is 1.01. The molecule has 0 aliphatic heterocycles. The third-order valence-corrected chi connectivity index (χ3v) is 1.99. The van der Waals surface area contributed by atoms with Crippen LogP contribution in [0.4, 0.5) is 8.78 Å². The lowest BCUT2D eigenvalue weighted by atomic mass is 10.1. The van der Waals surface area contributed by atoms with Gasteiger partial charge in [-0.1, -0.05) is 11.6 Å². The second-order valence-electron chi connectivity index (χ2n) is 2.79. The van der Waals surface area contributed by atoms with Gasteiger partial charge in [0.05, 0.1) is 0 Å². The van der Waals surface area contributed by atoms with E-state index in [1.54, 1.807) is 6.92 Å². The van der Waals surface area contributed by atoms with Gasteiger partial charge in [-0.3, -0.25) is 0 Å². The van der Waals surface area contributed by atoms with Gasteiger partial charge in [-0.15, -0.1) is 11.6 Å². The summed E-state index contributed by atoms with van der Waals surface area (Å²) in [6, 6.07) is 3.33. The molecule has 13 heavy (non-hydrogen) atoms. The fraction of sp³-hybridized carbons (Fsp3) is 0.200. The standard InChI is InChI=1S/C10H9ClF2/c1-7(6-11)4-8-5-9(12)2-3-10(8)13/h2-5H,6H2,1H3/b7-4-. The van der Waals surface area contributed by atoms with Gasteiger partial charge in [-0.05, 0) is 25.1 Å². The van der Waals surface area contributed by atoms with Crippen LogP contribution in [0.5, 0.6) is 0 Å². The monoisotopic (exact) mass is 202 g/mol. The molecule has 0 radical (unpaired) electrons. The second kappa shape index (κ2) is 4.38. The number of alkyl halides is 1. The van der Waals surface area contributed by atoms with Crippen molar-refractivity contribution in [3.8, 4) is 0 Å². The van der Waals surface area contributed by atoms with Gasteiger partial charge in [0.15, 0.2) is 0 Å². The molecular formula is C10H9ClF2. The largest absolute Gasteiger partial charge is 0.207 e. The molecular weight excluding hydrogens is 194 g/mol. The normalized spacial score (nSPS) is 11.8. The average molecular weight is 203 g/mol. The van der Waals surface area contributed by atoms with Gasteiger partial charge in [0.1, 0.15) is 11.6 Å². The summed E-state index contributed by atoms with van der Waals surface area (Å²) >= 11 is 5.51. The van der Waals surface area contributed by atoms with Gasteiger partial charge in [0.25, 0.3) is 0 Å². The second-order valence-corrected chi connectivity index (χ2v) is 3.06. The summed E-state index contributed by atoms with van der Waals surface area (Å²) in [6.07, 6.45) is 1.53. The predicted molar refractivity (Wildman–Crippen MR) is 50.7 cm³/mol. The number of rotatable bonds is 2. The highest BCUT2D eigenvalue weighted by Gasteiger charge is 2.00. The molecule has 0 fully saturated rings. The summed E-state index contributed by atoms with van der Waals surface area (Å²) < 4.78 is 25.7. The number of halogens is 3. The maximum Gasteiger partial charge on any atom is 0.130 e. The molecule has 1 rings (SSSR count). The number of allylic oxidation sites excluding steroid dienone is 1. The maximum atomic E-state index is 13.0. The van der Waals surface area contributed by atoms with Crippen molar-refractivity contribution in [2.24, 2.45) is 0 Å². The van der Waals surface area contributed by atoms with E-state index in [0.717, 1.165) is 23.8 Å². The van der Waals surface area contributed by atoms with E-state index < -0.39 is 11.6 Å². The summed E-state index contributed by atoms with van der Waals surface area (Å²) in [5, 5.41) is 0. The van der Waals surface area contributed by atoms with Crippen LogP contribution in [0.1, 0.15) is 12.5 Å². The lowest BCUT2D eigenvalue weighted by molar-refractivity contribution is 0.598. The number of hydrogen-bond acceptors (Lipinski definition) is 0. The zero-order valence-electron chi connectivity index (χ0n) is 7.15. The molecule has 0 amide bonds. The lowest BCUT2D eigenvalue weighted by Crippen LogP contribution is -1.86. The minimum atomic E-state index is -0.449. The SMILES string of the molecule is C/C(=C/c1cc(F)ccc1F)CCl. The molecule has 0 spiro atoms. The minimum Gasteiger partial charge on any atom is -0.207 e. The highest BCUT2D eigenvalue weighted by atomic mass is 35.5. The summed E-state index contributed by atoms with van der Waals surface area (Å²) in [4.78, 5) is 0. The molecule has 3 heteroatoms. The maximum absolute atomic E-state index is 13.0. The predicted octanol–water partition coefficient (Wildman–Crippen LogP) is 3.61. The van der Waals surface area contributed by atoms with E-state index in [2.05, 4.69) is 0 Å². The van der Waals surface area contributed by atoms with Crippen molar-refractivity contribution in [3.05, 3.63) is 41.0 Å². The molecule has 0 atom stereocenters. The average Bonchev–Trinajstić information content (AvgIpc) is 2.11. The van der Waals surface area contributed by atoms with E-state index >= 15 is 0 Å². The molecule has 0 heterocycles. The first-order valence-electron chi connectivity index (χ1n) is 3.81. The lowest BCUT2D eigenvalue weighted by Gasteiger charge is -1.98. The van der Waals surface area contributed by atoms with Gasteiger partial charge < -0.3 is 0 Å². The molecule has 70 valence electrons. The Bertz CT molecular complexity index is 332. The van der Waals surface area contributed by atoms with E-state index in [-0.39, 0.29) is 5.56 Å². The Labute approximate surface area is 80.8 Å². The van der Waals surface area contributed by atoms with Crippen molar-refractivity contribution in [2.75, 3.05) is 5.88 Å². The Morgan fingerprint density at radius 2 is 2.15 bits per heavy atom. The van der Waals surface area contributed by atoms with Crippen LogP contribution in [0.2, 0.25) is 0 Å². The fourth-order valence-electron chi connectivity index (χ4n) is 0.929. The highest BCUT2D eigenvalue weighted by Crippen LogP contribution is 2.13. The molecule has 0 N–H and O–H groups in total. The Morgan fingerprint density at radius 3 is 2.77 bits per heavy atom. The molecule has 1 aromatic carbocycles. The molecule has 0 saturated heterocycles. The zero-order chi connectivity index (χ0) is 9.84. The quantitative estimate of drug-likeness (QED) is 0.643. The Kier molecular flexibility index (Phi) is 3.43. The minimum absolute atomic E-state index is 0.234. The first-order chi connectivity index (χ1) is 6.13. The van der Waals surface area contributed by atoms with Gasteiger partial charge >= 0.3 is 0 Å². The molecule has 0 aromatic heterocycles. The molecule has 0 bridgehead atoms. The summed E-state index contributed by atoms with van der Waals surface area (Å²) in [5.74, 6) is -0.573. The van der Waals surface area contributed by atoms with Crippen molar-refractivity contribution >= 4 is 17.7 Å². The third-order valence-electron chi connectivity index (χ3n) is 1.57. The highest BCUT2D eigenvalue weighted by molar-refractivity contribution is 6.19. The van der Waals surface area contributed by atoms with Crippen LogP contribution in [0.25, 0.3) is 6.08 Å². The van der Waals surface area contributed by atoms with Gasteiger partial charge in [-0.2, -0.15) is 0 Å². The van der Waals surface area contributed by atoms with Crippen LogP contribution >= 0.6 is 11.6 Å². The van der Waals surface area contributed by atoms with Crippen molar-refractivity contribution in [1.82, 2.24) is 0 Å². The Hall–Kier alpha value is -0.890. The summed E-state index contributed by atoms with van der Waals surface area (Å²) in [5.41, 5.74) is 1.03. The van der Waals surface area contributed by atoms with Crippen LogP contribution < -0.4 is 0 Å². The van der Waals surface area contributed by atoms with Gasteiger partial charge in [0.2, 0.25) is 0 Å². The van der Waals surface area contributed by atoms with E-state index in [0.29, 0.717) is 5.88 Å². The zero-order valence-corrected chi connectivity index (χ0v) is 7.91. The number of benzene rings is 1. The first kappa shape index (κ1) is 10.2. The smallest absolute Gasteiger partial charge is 0.130 e. The summed E-state index contributed by atoms with van der Waals surface area (Å²) in [6.45, 7) is 1.76. The molecule has 1 aromatic rings. The molecule has 0 unspecified atom stereocenters. The van der Waals surface area contributed by atoms with Crippen LogP contribution in [-0.2, 0) is 0 Å².